The van der Waals surface area contributed by atoms with Crippen LogP contribution in [0.2, 0.25) is 0 Å². The van der Waals surface area contributed by atoms with E-state index in [1.54, 1.807) is 29.2 Å². The third kappa shape index (κ3) is 5.32. The van der Waals surface area contributed by atoms with Crippen LogP contribution in [0.1, 0.15) is 29.6 Å². The summed E-state index contributed by atoms with van der Waals surface area (Å²) >= 11 is 1.25. The average Bonchev–Trinajstić information content (AvgIpc) is 3.22. The molecule has 0 radical (unpaired) electrons. The highest BCUT2D eigenvalue weighted by Gasteiger charge is 2.29. The molecule has 7 nitrogen and oxygen atoms in total. The number of carbonyl (C=O) groups excluding carboxylic acids is 3. The minimum Gasteiger partial charge on any atom is -0.457 e. The number of Topliss-reactive ketones (excluding diaryl/α,β-unsaturated/α-hetero) is 1. The van der Waals surface area contributed by atoms with Gasteiger partial charge in [0.05, 0.1) is 17.3 Å². The molecular formula is C18H21NO6S2. The highest BCUT2D eigenvalue weighted by molar-refractivity contribution is 8.02. The van der Waals surface area contributed by atoms with Crippen LogP contribution in [0.15, 0.2) is 24.3 Å². The van der Waals surface area contributed by atoms with Crippen molar-refractivity contribution in [3.63, 3.8) is 0 Å². The van der Waals surface area contributed by atoms with Gasteiger partial charge >= 0.3 is 5.97 Å². The lowest BCUT2D eigenvalue weighted by atomic mass is 10.1. The molecule has 3 rings (SSSR count). The first-order valence-electron chi connectivity index (χ1n) is 8.75. The molecule has 0 N–H and O–H groups in total. The van der Waals surface area contributed by atoms with Crippen LogP contribution in [-0.2, 0) is 24.2 Å². The van der Waals surface area contributed by atoms with Gasteiger partial charge in [0.1, 0.15) is 0 Å². The van der Waals surface area contributed by atoms with Crippen LogP contribution in [0, 0.1) is 0 Å². The minimum atomic E-state index is -2.98. The molecule has 2 aliphatic rings. The zero-order valence-electron chi connectivity index (χ0n) is 14.8. The van der Waals surface area contributed by atoms with Crippen LogP contribution in [0.5, 0.6) is 0 Å². The van der Waals surface area contributed by atoms with Gasteiger partial charge in [-0.25, -0.2) is 8.42 Å². The minimum absolute atomic E-state index is 0.0236. The summed E-state index contributed by atoms with van der Waals surface area (Å²) in [6.45, 7) is 0.263. The molecule has 0 aromatic heterocycles. The molecule has 1 atom stereocenters. The predicted molar refractivity (Wildman–Crippen MR) is 103 cm³/mol. The highest BCUT2D eigenvalue weighted by Crippen LogP contribution is 2.24. The molecule has 0 bridgehead atoms. The third-order valence-corrected chi connectivity index (χ3v) is 7.80. The summed E-state index contributed by atoms with van der Waals surface area (Å²) in [6, 6.07) is 6.74. The summed E-state index contributed by atoms with van der Waals surface area (Å²) in [5, 5.41) is -0.0899. The second-order valence-electron chi connectivity index (χ2n) is 6.62. The first kappa shape index (κ1) is 19.9. The third-order valence-electron chi connectivity index (χ3n) is 4.55. The monoisotopic (exact) mass is 411 g/mol. The first-order chi connectivity index (χ1) is 12.8. The molecule has 2 heterocycles. The van der Waals surface area contributed by atoms with E-state index < -0.39 is 15.8 Å². The number of esters is 1. The number of sulfone groups is 1. The summed E-state index contributed by atoms with van der Waals surface area (Å²) in [4.78, 5) is 37.6. The Hall–Kier alpha value is -1.87. The van der Waals surface area contributed by atoms with Crippen LogP contribution in [0.25, 0.3) is 0 Å². The summed E-state index contributed by atoms with van der Waals surface area (Å²) in [5.74, 6) is -0.568. The van der Waals surface area contributed by atoms with Crippen molar-refractivity contribution >= 4 is 44.9 Å². The first-order valence-corrected chi connectivity index (χ1v) is 11.6. The van der Waals surface area contributed by atoms with Gasteiger partial charge in [0, 0.05) is 29.5 Å². The molecular weight excluding hydrogens is 390 g/mol. The molecule has 2 fully saturated rings. The second kappa shape index (κ2) is 8.43. The van der Waals surface area contributed by atoms with Crippen LogP contribution in [0.4, 0.5) is 5.69 Å². The van der Waals surface area contributed by atoms with Crippen LogP contribution < -0.4 is 4.90 Å². The maximum Gasteiger partial charge on any atom is 0.316 e. The Morgan fingerprint density at radius 2 is 2.11 bits per heavy atom. The van der Waals surface area contributed by atoms with Crippen molar-refractivity contribution in [1.29, 1.82) is 0 Å². The quantitative estimate of drug-likeness (QED) is 0.495. The SMILES string of the molecule is O=C(CS[C@@H]1CCS(=O)(=O)C1)OCC(=O)c1cccc(N2CCCC2=O)c1. The van der Waals surface area contributed by atoms with Crippen molar-refractivity contribution in [2.45, 2.75) is 24.5 Å². The van der Waals surface area contributed by atoms with E-state index in [2.05, 4.69) is 0 Å². The van der Waals surface area contributed by atoms with Gasteiger partial charge in [-0.3, -0.25) is 14.4 Å². The van der Waals surface area contributed by atoms with Gasteiger partial charge in [-0.1, -0.05) is 12.1 Å². The maximum absolute atomic E-state index is 12.3. The van der Waals surface area contributed by atoms with Crippen LogP contribution >= 0.6 is 11.8 Å². The Kier molecular flexibility index (Phi) is 6.21. The normalized spacial score (nSPS) is 21.4. The summed E-state index contributed by atoms with van der Waals surface area (Å²) in [5.41, 5.74) is 1.06. The predicted octanol–water partition coefficient (Wildman–Crippen LogP) is 1.46. The Morgan fingerprint density at radius 3 is 2.78 bits per heavy atom. The van der Waals surface area contributed by atoms with E-state index in [9.17, 15) is 22.8 Å². The number of nitrogens with zero attached hydrogens (tertiary/aromatic N) is 1. The Balaban J connectivity index is 1.47. The molecule has 146 valence electrons. The van der Waals surface area contributed by atoms with E-state index in [1.165, 1.54) is 11.8 Å². The van der Waals surface area contributed by atoms with E-state index in [0.29, 0.717) is 30.6 Å². The van der Waals surface area contributed by atoms with Crippen molar-refractivity contribution in [1.82, 2.24) is 0 Å². The van der Waals surface area contributed by atoms with Crippen LogP contribution in [-0.4, -0.2) is 61.7 Å². The summed E-state index contributed by atoms with van der Waals surface area (Å²) < 4.78 is 27.8. The van der Waals surface area contributed by atoms with Gasteiger partial charge in [-0.15, -0.1) is 11.8 Å². The summed E-state index contributed by atoms with van der Waals surface area (Å²) in [7, 11) is -2.98. The molecule has 1 aromatic carbocycles. The van der Waals surface area contributed by atoms with Crippen molar-refractivity contribution in [2.75, 3.05) is 35.3 Å². The van der Waals surface area contributed by atoms with Gasteiger partial charge in [0.25, 0.3) is 0 Å². The molecule has 2 saturated heterocycles. The smallest absolute Gasteiger partial charge is 0.316 e. The number of hydrogen-bond acceptors (Lipinski definition) is 7. The number of ketones is 1. The number of rotatable bonds is 7. The molecule has 0 unspecified atom stereocenters. The van der Waals surface area contributed by atoms with E-state index in [1.807, 2.05) is 0 Å². The lowest BCUT2D eigenvalue weighted by molar-refractivity contribution is -0.139. The zero-order valence-corrected chi connectivity index (χ0v) is 16.4. The topological polar surface area (TPSA) is 97.8 Å². The van der Waals surface area contributed by atoms with Crippen molar-refractivity contribution < 1.29 is 27.5 Å². The van der Waals surface area contributed by atoms with Crippen molar-refractivity contribution in [3.05, 3.63) is 29.8 Å². The number of ether oxygens (including phenoxy) is 1. The lowest BCUT2D eigenvalue weighted by Gasteiger charge is -2.16. The molecule has 27 heavy (non-hydrogen) atoms. The molecule has 0 aliphatic carbocycles. The molecule has 9 heteroatoms. The standard InChI is InChI=1S/C18H21NO6S2/c20-16(10-25-18(22)11-26-15-6-8-27(23,24)12-15)13-3-1-4-14(9-13)19-7-2-5-17(19)21/h1,3-4,9,15H,2,5-8,10-12H2/t15-/m1/s1. The number of hydrogen-bond donors (Lipinski definition) is 0. The number of anilines is 1. The number of benzene rings is 1. The second-order valence-corrected chi connectivity index (χ2v) is 10.1. The molecule has 2 aliphatic heterocycles. The van der Waals surface area contributed by atoms with Gasteiger partial charge in [0.15, 0.2) is 22.2 Å². The number of amides is 1. The van der Waals surface area contributed by atoms with Gasteiger partial charge in [-0.2, -0.15) is 0 Å². The largest absolute Gasteiger partial charge is 0.457 e. The van der Waals surface area contributed by atoms with Crippen molar-refractivity contribution in [3.8, 4) is 0 Å². The molecule has 1 amide bonds. The number of carbonyl (C=O) groups is 3. The fourth-order valence-corrected chi connectivity index (χ4v) is 6.56. The lowest BCUT2D eigenvalue weighted by Crippen LogP contribution is -2.24. The van der Waals surface area contributed by atoms with E-state index in [4.69, 9.17) is 4.74 Å². The van der Waals surface area contributed by atoms with Gasteiger partial charge in [-0.05, 0) is 25.0 Å². The van der Waals surface area contributed by atoms with Gasteiger partial charge < -0.3 is 9.64 Å². The van der Waals surface area contributed by atoms with E-state index >= 15 is 0 Å². The van der Waals surface area contributed by atoms with Crippen molar-refractivity contribution in [2.24, 2.45) is 0 Å². The Bertz CT molecular complexity index is 851. The Morgan fingerprint density at radius 1 is 1.30 bits per heavy atom. The zero-order chi connectivity index (χ0) is 19.4. The van der Waals surface area contributed by atoms with E-state index in [-0.39, 0.29) is 40.8 Å². The average molecular weight is 412 g/mol. The Labute approximate surface area is 162 Å². The molecule has 0 spiro atoms. The van der Waals surface area contributed by atoms with Crippen LogP contribution in [0.3, 0.4) is 0 Å². The highest BCUT2D eigenvalue weighted by atomic mass is 32.2. The van der Waals surface area contributed by atoms with Gasteiger partial charge in [0.2, 0.25) is 5.91 Å². The molecule has 1 aromatic rings. The maximum atomic E-state index is 12.3. The molecule has 0 saturated carbocycles. The number of thioether (sulfide) groups is 1. The fraction of sp³-hybridized carbons (Fsp3) is 0.500. The van der Waals surface area contributed by atoms with E-state index in [0.717, 1.165) is 6.42 Å². The fourth-order valence-electron chi connectivity index (χ4n) is 3.12. The summed E-state index contributed by atoms with van der Waals surface area (Å²) in [6.07, 6.45) is 1.85.